The average Bonchev–Trinajstić information content (AvgIpc) is 3.30. The summed E-state index contributed by atoms with van der Waals surface area (Å²) in [5.41, 5.74) is 5.01. The number of piperazine rings is 1. The van der Waals surface area contributed by atoms with E-state index in [0.29, 0.717) is 12.1 Å². The number of rotatable bonds is 8. The summed E-state index contributed by atoms with van der Waals surface area (Å²) in [5.74, 6) is 0. The number of nitrogens with zero attached hydrogens (tertiary/aromatic N) is 6. The Balaban J connectivity index is 1.67. The van der Waals surface area contributed by atoms with Crippen LogP contribution in [-0.4, -0.2) is 51.5 Å². The van der Waals surface area contributed by atoms with Crippen molar-refractivity contribution in [2.75, 3.05) is 25.0 Å². The zero-order valence-corrected chi connectivity index (χ0v) is 21.5. The highest BCUT2D eigenvalue weighted by molar-refractivity contribution is 5.88. The van der Waals surface area contributed by atoms with Gasteiger partial charge < -0.3 is 14.8 Å². The third kappa shape index (κ3) is 4.84. The van der Waals surface area contributed by atoms with Crippen LogP contribution >= 0.6 is 0 Å². The summed E-state index contributed by atoms with van der Waals surface area (Å²) in [6, 6.07) is 13.7. The molecule has 3 heterocycles. The number of nitriles is 1. The fourth-order valence-corrected chi connectivity index (χ4v) is 5.38. The first-order valence-electron chi connectivity index (χ1n) is 12.6. The number of nitrogens with one attached hydrogen (secondary N) is 1. The molecule has 1 fully saturated rings. The number of benzene rings is 1. The second-order valence-electron chi connectivity index (χ2n) is 9.57. The summed E-state index contributed by atoms with van der Waals surface area (Å²) >= 11 is 0. The van der Waals surface area contributed by atoms with E-state index in [1.165, 1.54) is 11.1 Å². The molecule has 1 aromatic carbocycles. The number of hydrogen-bond acceptors (Lipinski definition) is 6. The summed E-state index contributed by atoms with van der Waals surface area (Å²) in [5, 5.41) is 17.1. The van der Waals surface area contributed by atoms with Gasteiger partial charge in [0.15, 0.2) is 0 Å². The summed E-state index contributed by atoms with van der Waals surface area (Å²) in [4.78, 5) is 17.9. The van der Waals surface area contributed by atoms with Crippen molar-refractivity contribution in [2.24, 2.45) is 7.05 Å². The van der Waals surface area contributed by atoms with E-state index in [9.17, 15) is 4.79 Å². The maximum atomic E-state index is 12.9. The fraction of sp³-hybridized carbons (Fsp3) is 0.519. The highest BCUT2D eigenvalue weighted by Gasteiger charge is 2.36. The molecule has 2 aromatic heterocycles. The van der Waals surface area contributed by atoms with Crippen molar-refractivity contribution >= 4 is 16.7 Å². The second-order valence-corrected chi connectivity index (χ2v) is 9.57. The largest absolute Gasteiger partial charge is 0.364 e. The number of anilines is 1. The average molecular weight is 476 g/mol. The Morgan fingerprint density at radius 3 is 2.51 bits per heavy atom. The number of aromatic nitrogens is 3. The molecule has 0 aliphatic carbocycles. The monoisotopic (exact) mass is 475 g/mol. The van der Waals surface area contributed by atoms with Crippen molar-refractivity contribution in [1.82, 2.24) is 24.6 Å². The standard InChI is InChI=1S/C27H37N7O/c1-6-22-17-34(24-14-26(35)31(5)25-18-32(13-12-28)30-27(24)25)23(7-2)16-33(22)19(3)21-10-8-20(9-11-21)15-29-4/h8-11,14,18-19,22-23,29H,6-7,13,15-17H2,1-5H3/t19?,22-,23+/m1/s1. The van der Waals surface area contributed by atoms with Crippen LogP contribution in [0.4, 0.5) is 5.69 Å². The normalized spacial score (nSPS) is 19.7. The van der Waals surface area contributed by atoms with Crippen LogP contribution in [0.5, 0.6) is 0 Å². The van der Waals surface area contributed by atoms with Crippen LogP contribution in [-0.2, 0) is 20.1 Å². The predicted molar refractivity (Wildman–Crippen MR) is 140 cm³/mol. The molecular formula is C27H37N7O. The molecule has 1 saturated heterocycles. The maximum Gasteiger partial charge on any atom is 0.252 e. The molecule has 35 heavy (non-hydrogen) atoms. The molecule has 186 valence electrons. The van der Waals surface area contributed by atoms with Crippen LogP contribution in [0.3, 0.4) is 0 Å². The van der Waals surface area contributed by atoms with Crippen molar-refractivity contribution < 1.29 is 0 Å². The van der Waals surface area contributed by atoms with Gasteiger partial charge in [-0.3, -0.25) is 14.4 Å². The van der Waals surface area contributed by atoms with Crippen LogP contribution in [0, 0.1) is 11.3 Å². The molecule has 3 atom stereocenters. The predicted octanol–water partition coefficient (Wildman–Crippen LogP) is 3.42. The smallest absolute Gasteiger partial charge is 0.252 e. The molecule has 0 radical (unpaired) electrons. The summed E-state index contributed by atoms with van der Waals surface area (Å²) in [7, 11) is 3.73. The van der Waals surface area contributed by atoms with Gasteiger partial charge in [-0.05, 0) is 37.9 Å². The van der Waals surface area contributed by atoms with Crippen LogP contribution < -0.4 is 15.8 Å². The van der Waals surface area contributed by atoms with Crippen molar-refractivity contribution in [1.29, 1.82) is 5.26 Å². The van der Waals surface area contributed by atoms with E-state index in [1.54, 1.807) is 28.6 Å². The van der Waals surface area contributed by atoms with E-state index in [1.807, 2.05) is 7.05 Å². The van der Waals surface area contributed by atoms with Crippen molar-refractivity contribution in [3.8, 4) is 6.07 Å². The zero-order valence-electron chi connectivity index (χ0n) is 21.5. The Labute approximate surface area is 207 Å². The second kappa shape index (κ2) is 10.6. The Hall–Kier alpha value is -3.15. The molecular weight excluding hydrogens is 438 g/mol. The van der Waals surface area contributed by atoms with Gasteiger partial charge in [0.25, 0.3) is 5.56 Å². The van der Waals surface area contributed by atoms with Crippen LogP contribution in [0.1, 0.15) is 50.8 Å². The van der Waals surface area contributed by atoms with Gasteiger partial charge in [0.1, 0.15) is 12.1 Å². The number of aryl methyl sites for hydroxylation is 1. The summed E-state index contributed by atoms with van der Waals surface area (Å²) in [6.45, 7) is 9.55. The lowest BCUT2D eigenvalue weighted by atomic mass is 9.96. The van der Waals surface area contributed by atoms with Crippen LogP contribution in [0.15, 0.2) is 41.3 Å². The number of pyridine rings is 1. The Kier molecular flexibility index (Phi) is 7.58. The Morgan fingerprint density at radius 2 is 1.89 bits per heavy atom. The fourth-order valence-electron chi connectivity index (χ4n) is 5.38. The molecule has 1 aliphatic rings. The molecule has 1 aliphatic heterocycles. The molecule has 8 heteroatoms. The molecule has 8 nitrogen and oxygen atoms in total. The first-order chi connectivity index (χ1) is 16.9. The molecule has 1 N–H and O–H groups in total. The molecule has 1 unspecified atom stereocenters. The van der Waals surface area contributed by atoms with Crippen LogP contribution in [0.2, 0.25) is 0 Å². The third-order valence-electron chi connectivity index (χ3n) is 7.50. The van der Waals surface area contributed by atoms with E-state index >= 15 is 0 Å². The van der Waals surface area contributed by atoms with Gasteiger partial charge in [0.05, 0.1) is 23.5 Å². The van der Waals surface area contributed by atoms with Gasteiger partial charge in [-0.25, -0.2) is 0 Å². The SMILES string of the molecule is CC[C@H]1CN(C(C)c2ccc(CNC)cc2)[C@H](CC)CN1c1cc(=O)n(C)c2cn(CC#N)nc12. The lowest BCUT2D eigenvalue weighted by molar-refractivity contribution is 0.101. The molecule has 0 spiro atoms. The topological polar surface area (TPSA) is 82.1 Å². The van der Waals surface area contributed by atoms with Gasteiger partial charge in [0.2, 0.25) is 0 Å². The van der Waals surface area contributed by atoms with E-state index in [-0.39, 0.29) is 18.1 Å². The first kappa shape index (κ1) is 25.0. The molecule has 0 saturated carbocycles. The maximum absolute atomic E-state index is 12.9. The van der Waals surface area contributed by atoms with Gasteiger partial charge in [-0.1, -0.05) is 38.1 Å². The van der Waals surface area contributed by atoms with E-state index in [4.69, 9.17) is 10.4 Å². The lowest BCUT2D eigenvalue weighted by Gasteiger charge is -2.49. The molecule has 0 bridgehead atoms. The van der Waals surface area contributed by atoms with Gasteiger partial charge in [0, 0.05) is 50.9 Å². The van der Waals surface area contributed by atoms with E-state index < -0.39 is 0 Å². The van der Waals surface area contributed by atoms with Crippen molar-refractivity contribution in [2.45, 2.75) is 64.8 Å². The first-order valence-corrected chi connectivity index (χ1v) is 12.6. The summed E-state index contributed by atoms with van der Waals surface area (Å²) < 4.78 is 3.25. The minimum atomic E-state index is -0.0515. The van der Waals surface area contributed by atoms with Gasteiger partial charge >= 0.3 is 0 Å². The van der Waals surface area contributed by atoms with Crippen molar-refractivity contribution in [3.05, 3.63) is 58.0 Å². The lowest BCUT2D eigenvalue weighted by Crippen LogP contribution is -2.58. The Morgan fingerprint density at radius 1 is 1.17 bits per heavy atom. The number of fused-ring (bicyclic) bond motifs is 1. The van der Waals surface area contributed by atoms with E-state index in [2.05, 4.69) is 66.2 Å². The van der Waals surface area contributed by atoms with E-state index in [0.717, 1.165) is 49.2 Å². The quantitative estimate of drug-likeness (QED) is 0.538. The highest BCUT2D eigenvalue weighted by atomic mass is 16.1. The zero-order chi connectivity index (χ0) is 25.1. The van der Waals surface area contributed by atoms with Crippen molar-refractivity contribution in [3.63, 3.8) is 0 Å². The van der Waals surface area contributed by atoms with Gasteiger partial charge in [-0.15, -0.1) is 0 Å². The minimum absolute atomic E-state index is 0.0515. The molecule has 4 rings (SSSR count). The summed E-state index contributed by atoms with van der Waals surface area (Å²) in [6.07, 6.45) is 3.79. The molecule has 0 amide bonds. The van der Waals surface area contributed by atoms with Gasteiger partial charge in [-0.2, -0.15) is 10.4 Å². The highest BCUT2D eigenvalue weighted by Crippen LogP contribution is 2.34. The third-order valence-corrected chi connectivity index (χ3v) is 7.50. The number of hydrogen-bond donors (Lipinski definition) is 1. The minimum Gasteiger partial charge on any atom is -0.364 e. The molecule has 3 aromatic rings. The Bertz CT molecular complexity index is 1250. The van der Waals surface area contributed by atoms with Crippen LogP contribution in [0.25, 0.3) is 11.0 Å².